The predicted molar refractivity (Wildman–Crippen MR) is 119 cm³/mol. The van der Waals surface area contributed by atoms with Crippen LogP contribution in [-0.2, 0) is 31.0 Å². The third-order valence-electron chi connectivity index (χ3n) is 4.98. The van der Waals surface area contributed by atoms with Crippen molar-refractivity contribution >= 4 is 51.3 Å². The Morgan fingerprint density at radius 2 is 2.20 bits per heavy atom. The molecule has 0 spiro atoms. The summed E-state index contributed by atoms with van der Waals surface area (Å²) in [6.45, 7) is -0.176. The molecule has 2 aliphatic heterocycles. The van der Waals surface area contributed by atoms with E-state index in [0.717, 1.165) is 18.0 Å². The summed E-state index contributed by atoms with van der Waals surface area (Å²) >= 11 is 2.28. The number of carboxylic acid groups (broad SMARTS) is 1. The number of nitrogens with zero attached hydrogens (tertiary/aromatic N) is 8. The number of sulfonamides is 1. The molecule has 0 bridgehead atoms. The summed E-state index contributed by atoms with van der Waals surface area (Å²) in [6, 6.07) is -2.23. The molecule has 4 atom stereocenters. The van der Waals surface area contributed by atoms with Gasteiger partial charge in [0, 0.05) is 11.8 Å². The number of carboxylic acids is 1. The summed E-state index contributed by atoms with van der Waals surface area (Å²) in [4.78, 5) is 38.6. The number of carbonyl (C=O) groups excluding carboxylic acids is 2. The number of carbonyl (C=O) groups is 3. The fourth-order valence-corrected chi connectivity index (χ4v) is 6.41. The number of rotatable bonds is 11. The van der Waals surface area contributed by atoms with Gasteiger partial charge in [-0.1, -0.05) is 11.8 Å². The topological polar surface area (TPSA) is 231 Å². The number of thioether (sulfide) groups is 2. The van der Waals surface area contributed by atoms with Gasteiger partial charge in [0.25, 0.3) is 0 Å². The molecule has 17 nitrogen and oxygen atoms in total. The van der Waals surface area contributed by atoms with E-state index in [1.807, 2.05) is 0 Å². The maximum atomic E-state index is 12.9. The minimum Gasteiger partial charge on any atom is -0.479 e. The van der Waals surface area contributed by atoms with Crippen molar-refractivity contribution in [3.63, 3.8) is 0 Å². The number of β-lactam (4-membered cyclic amide) rings is 1. The van der Waals surface area contributed by atoms with E-state index in [1.165, 1.54) is 27.7 Å². The van der Waals surface area contributed by atoms with Gasteiger partial charge in [-0.25, -0.2) is 22.6 Å². The molecule has 2 amide bonds. The summed E-state index contributed by atoms with van der Waals surface area (Å²) < 4.78 is 26.5. The van der Waals surface area contributed by atoms with Crippen LogP contribution in [0.15, 0.2) is 22.5 Å². The van der Waals surface area contributed by atoms with Crippen molar-refractivity contribution in [2.75, 3.05) is 12.8 Å². The molecule has 35 heavy (non-hydrogen) atoms. The Bertz CT molecular complexity index is 1220. The largest absolute Gasteiger partial charge is 0.479 e. The van der Waals surface area contributed by atoms with Gasteiger partial charge < -0.3 is 15.3 Å². The highest BCUT2D eigenvalue weighted by Crippen LogP contribution is 2.44. The summed E-state index contributed by atoms with van der Waals surface area (Å²) in [6.07, 6.45) is 2.46. The molecular formula is C15H19N11O6S3. The number of H-pyrrole nitrogens is 1. The van der Waals surface area contributed by atoms with Crippen molar-refractivity contribution < 1.29 is 27.9 Å². The van der Waals surface area contributed by atoms with Crippen LogP contribution in [0.4, 0.5) is 0 Å². The third kappa shape index (κ3) is 5.77. The molecule has 1 saturated heterocycles. The predicted octanol–water partition coefficient (Wildman–Crippen LogP) is -2.98. The van der Waals surface area contributed by atoms with E-state index < -0.39 is 50.5 Å². The van der Waals surface area contributed by atoms with Gasteiger partial charge in [-0.15, -0.1) is 27.1 Å². The van der Waals surface area contributed by atoms with Gasteiger partial charge in [0.1, 0.15) is 24.3 Å². The minimum atomic E-state index is -3.47. The highest BCUT2D eigenvalue weighted by atomic mass is 32.2. The molecule has 1 fully saturated rings. The van der Waals surface area contributed by atoms with Crippen molar-refractivity contribution in [1.82, 2.24) is 55.8 Å². The highest BCUT2D eigenvalue weighted by molar-refractivity contribution is 8.03. The van der Waals surface area contributed by atoms with Crippen LogP contribution < -0.4 is 10.0 Å². The van der Waals surface area contributed by atoms with Crippen LogP contribution in [-0.4, -0.2) is 113 Å². The van der Waals surface area contributed by atoms with Crippen molar-refractivity contribution in [1.29, 1.82) is 0 Å². The van der Waals surface area contributed by atoms with E-state index in [9.17, 15) is 27.9 Å². The van der Waals surface area contributed by atoms with Gasteiger partial charge >= 0.3 is 5.97 Å². The molecule has 0 radical (unpaired) electrons. The fourth-order valence-electron chi connectivity index (χ4n) is 3.54. The van der Waals surface area contributed by atoms with E-state index in [-0.39, 0.29) is 24.7 Å². The Balaban J connectivity index is 1.51. The molecule has 4 heterocycles. The SMILES string of the molecule is CS(=O)(=O)NCCC(Sc1nn[nH]n1)C1=CS[C@H]2[C@H](NC(=O)Cn3cnnn3)C(=O)N2C1C(=O)O. The van der Waals surface area contributed by atoms with Crippen molar-refractivity contribution in [2.45, 2.75) is 40.8 Å². The van der Waals surface area contributed by atoms with E-state index in [1.54, 1.807) is 5.41 Å². The number of hydrogen-bond donors (Lipinski definition) is 4. The second-order valence-electron chi connectivity index (χ2n) is 7.44. The molecule has 188 valence electrons. The first-order valence-corrected chi connectivity index (χ1v) is 13.6. The van der Waals surface area contributed by atoms with Crippen LogP contribution in [0.25, 0.3) is 0 Å². The number of fused-ring (bicyclic) bond motifs is 1. The second-order valence-corrected chi connectivity index (χ2v) is 11.4. The summed E-state index contributed by atoms with van der Waals surface area (Å²) in [7, 11) is -3.47. The Hall–Kier alpha value is -3.10. The lowest BCUT2D eigenvalue weighted by atomic mass is 9.95. The Kier molecular flexibility index (Phi) is 7.33. The number of nitrogens with one attached hydrogen (secondary N) is 3. The molecule has 4 rings (SSSR count). The number of aromatic amines is 1. The summed E-state index contributed by atoms with van der Waals surface area (Å²) in [5.41, 5.74) is 0.371. The number of aromatic nitrogens is 8. The van der Waals surface area contributed by atoms with E-state index in [4.69, 9.17) is 0 Å². The van der Waals surface area contributed by atoms with Gasteiger partial charge in [-0.2, -0.15) is 5.21 Å². The average molecular weight is 546 g/mol. The number of tetrazole rings is 2. The standard InChI is InChI=1S/C15H19N11O6S3/c1-35(31,32)17-3-2-8(34-15-19-22-23-20-15)7-5-33-13-10(12(28)26(13)11(7)14(29)30)18-9(27)4-25-6-16-21-24-25/h5-6,8,10-11,13,17H,2-4H2,1H3,(H,18,27)(H,29,30)(H,19,20,22,23)/t8?,10-,11?,13+/m1/s1. The lowest BCUT2D eigenvalue weighted by molar-refractivity contribution is -0.160. The third-order valence-corrected chi connectivity index (χ3v) is 8.07. The normalized spacial score (nSPS) is 22.7. The van der Waals surface area contributed by atoms with Crippen LogP contribution >= 0.6 is 23.5 Å². The second kappa shape index (κ2) is 10.3. The zero-order valence-electron chi connectivity index (χ0n) is 17.9. The summed E-state index contributed by atoms with van der Waals surface area (Å²) in [5.74, 6) is -2.32. The lowest BCUT2D eigenvalue weighted by Gasteiger charge is -2.52. The Morgan fingerprint density at radius 1 is 1.40 bits per heavy atom. The molecule has 4 N–H and O–H groups in total. The smallest absolute Gasteiger partial charge is 0.330 e. The van der Waals surface area contributed by atoms with Gasteiger partial charge in [0.2, 0.25) is 27.0 Å². The molecule has 0 aliphatic carbocycles. The highest BCUT2D eigenvalue weighted by Gasteiger charge is 2.56. The first-order valence-electron chi connectivity index (χ1n) is 9.89. The first kappa shape index (κ1) is 25.0. The maximum absolute atomic E-state index is 12.9. The molecule has 20 heteroatoms. The molecule has 2 aromatic heterocycles. The van der Waals surface area contributed by atoms with Crippen molar-refractivity contribution in [3.8, 4) is 0 Å². The van der Waals surface area contributed by atoms with Crippen LogP contribution in [0.3, 0.4) is 0 Å². The van der Waals surface area contributed by atoms with Crippen molar-refractivity contribution in [2.24, 2.45) is 0 Å². The molecule has 2 unspecified atom stereocenters. The molecular weight excluding hydrogens is 526 g/mol. The monoisotopic (exact) mass is 545 g/mol. The van der Waals surface area contributed by atoms with Gasteiger partial charge in [0.15, 0.2) is 6.04 Å². The molecule has 2 aromatic rings. The lowest BCUT2D eigenvalue weighted by Crippen LogP contribution is -2.74. The van der Waals surface area contributed by atoms with Crippen LogP contribution in [0, 0.1) is 0 Å². The average Bonchev–Trinajstić information content (AvgIpc) is 3.49. The zero-order valence-corrected chi connectivity index (χ0v) is 20.3. The van der Waals surface area contributed by atoms with Crippen molar-refractivity contribution in [3.05, 3.63) is 17.3 Å². The van der Waals surface area contributed by atoms with Gasteiger partial charge in [-0.05, 0) is 33.0 Å². The fraction of sp³-hybridized carbons (Fsp3) is 0.533. The Morgan fingerprint density at radius 3 is 2.83 bits per heavy atom. The van der Waals surface area contributed by atoms with Crippen LogP contribution in [0.2, 0.25) is 0 Å². The first-order chi connectivity index (χ1) is 16.6. The van der Waals surface area contributed by atoms with Crippen LogP contribution in [0.5, 0.6) is 0 Å². The number of aliphatic carboxylic acids is 1. The quantitative estimate of drug-likeness (QED) is 0.163. The minimum absolute atomic E-state index is 0.0237. The van der Waals surface area contributed by atoms with Gasteiger partial charge in [-0.3, -0.25) is 9.59 Å². The Labute approximate surface area is 205 Å². The maximum Gasteiger partial charge on any atom is 0.330 e. The van der Waals surface area contributed by atoms with Gasteiger partial charge in [0.05, 0.1) is 6.26 Å². The van der Waals surface area contributed by atoms with E-state index in [2.05, 4.69) is 46.2 Å². The van der Waals surface area contributed by atoms with E-state index >= 15 is 0 Å². The zero-order chi connectivity index (χ0) is 25.2. The number of hydrogen-bond acceptors (Lipinski definition) is 13. The molecule has 0 saturated carbocycles. The molecule has 2 aliphatic rings. The number of amides is 2. The van der Waals surface area contributed by atoms with Crippen LogP contribution in [0.1, 0.15) is 6.42 Å². The summed E-state index contributed by atoms with van der Waals surface area (Å²) in [5, 5.41) is 37.2. The van der Waals surface area contributed by atoms with E-state index in [0.29, 0.717) is 5.57 Å². The molecule has 0 aromatic carbocycles.